The maximum absolute atomic E-state index is 11.7. The van der Waals surface area contributed by atoms with Crippen LogP contribution in [0.1, 0.15) is 15.3 Å². The van der Waals surface area contributed by atoms with Crippen LogP contribution < -0.4 is 5.32 Å². The molecule has 2 aromatic rings. The first kappa shape index (κ1) is 13.8. The van der Waals surface area contributed by atoms with E-state index in [-0.39, 0.29) is 5.91 Å². The zero-order valence-electron chi connectivity index (χ0n) is 10.5. The first-order chi connectivity index (χ1) is 9.15. The fraction of sp³-hybridized carbons (Fsp3) is 0.133. The number of halogens is 1. The summed E-state index contributed by atoms with van der Waals surface area (Å²) in [6.07, 6.45) is 3.36. The number of amides is 1. The molecular weight excluding hydrogens is 278 g/mol. The van der Waals surface area contributed by atoms with Crippen LogP contribution in [0.2, 0.25) is 5.02 Å². The van der Waals surface area contributed by atoms with Crippen molar-refractivity contribution in [2.45, 2.75) is 13.5 Å². The highest BCUT2D eigenvalue weighted by molar-refractivity contribution is 7.12. The van der Waals surface area contributed by atoms with E-state index >= 15 is 0 Å². The molecule has 0 saturated heterocycles. The molecule has 2 rings (SSSR count). The second-order valence-corrected chi connectivity index (χ2v) is 5.82. The number of carbonyl (C=O) groups is 1. The SMILES string of the molecule is Cc1ccc(/C=C/C(=O)NCc2ccccc2Cl)s1. The Bertz CT molecular complexity index is 604. The Labute approximate surface area is 121 Å². The summed E-state index contributed by atoms with van der Waals surface area (Å²) in [4.78, 5) is 14.0. The van der Waals surface area contributed by atoms with Crippen molar-refractivity contribution < 1.29 is 4.79 Å². The van der Waals surface area contributed by atoms with Crippen molar-refractivity contribution in [3.05, 3.63) is 62.8 Å². The van der Waals surface area contributed by atoms with Crippen LogP contribution in [0.15, 0.2) is 42.5 Å². The van der Waals surface area contributed by atoms with E-state index in [4.69, 9.17) is 11.6 Å². The van der Waals surface area contributed by atoms with Gasteiger partial charge < -0.3 is 5.32 Å². The van der Waals surface area contributed by atoms with Gasteiger partial charge in [0.15, 0.2) is 0 Å². The predicted octanol–water partition coefficient (Wildman–Crippen LogP) is 4.04. The zero-order valence-corrected chi connectivity index (χ0v) is 12.1. The van der Waals surface area contributed by atoms with Crippen LogP contribution in [0.25, 0.3) is 6.08 Å². The summed E-state index contributed by atoms with van der Waals surface area (Å²) in [6.45, 7) is 2.48. The van der Waals surface area contributed by atoms with E-state index < -0.39 is 0 Å². The second kappa shape index (κ2) is 6.55. The lowest BCUT2D eigenvalue weighted by Crippen LogP contribution is -2.20. The Hall–Kier alpha value is -1.58. The summed E-state index contributed by atoms with van der Waals surface area (Å²) in [7, 11) is 0. The molecule has 0 fully saturated rings. The van der Waals surface area contributed by atoms with Crippen molar-refractivity contribution in [1.29, 1.82) is 0 Å². The average molecular weight is 292 g/mol. The average Bonchev–Trinajstić information content (AvgIpc) is 2.81. The molecule has 0 aliphatic rings. The highest BCUT2D eigenvalue weighted by Gasteiger charge is 2.00. The van der Waals surface area contributed by atoms with Gasteiger partial charge in [-0.2, -0.15) is 0 Å². The zero-order chi connectivity index (χ0) is 13.7. The topological polar surface area (TPSA) is 29.1 Å². The number of thiophene rings is 1. The minimum Gasteiger partial charge on any atom is -0.348 e. The third-order valence-electron chi connectivity index (χ3n) is 2.57. The van der Waals surface area contributed by atoms with Crippen molar-refractivity contribution in [2.75, 3.05) is 0 Å². The van der Waals surface area contributed by atoms with Crippen LogP contribution in [0.4, 0.5) is 0 Å². The molecule has 1 heterocycles. The normalized spacial score (nSPS) is 10.8. The fourth-order valence-corrected chi connectivity index (χ4v) is 2.57. The molecular formula is C15H14ClNOS. The van der Waals surface area contributed by atoms with Gasteiger partial charge in [0.25, 0.3) is 0 Å². The standard InChI is InChI=1S/C15H14ClNOS/c1-11-6-7-13(19-11)8-9-15(18)17-10-12-4-2-3-5-14(12)16/h2-9H,10H2,1H3,(H,17,18)/b9-8+. The molecule has 1 amide bonds. The summed E-state index contributed by atoms with van der Waals surface area (Å²) in [5, 5.41) is 3.48. The maximum Gasteiger partial charge on any atom is 0.244 e. The summed E-state index contributed by atoms with van der Waals surface area (Å²) >= 11 is 7.67. The lowest BCUT2D eigenvalue weighted by atomic mass is 10.2. The number of benzene rings is 1. The van der Waals surface area contributed by atoms with E-state index in [1.807, 2.05) is 49.4 Å². The quantitative estimate of drug-likeness (QED) is 0.846. The molecule has 0 spiro atoms. The van der Waals surface area contributed by atoms with Gasteiger partial charge in [0.1, 0.15) is 0 Å². The lowest BCUT2D eigenvalue weighted by Gasteiger charge is -2.04. The second-order valence-electron chi connectivity index (χ2n) is 4.09. The van der Waals surface area contributed by atoms with Gasteiger partial charge in [0, 0.05) is 27.4 Å². The molecule has 0 unspecified atom stereocenters. The Morgan fingerprint density at radius 2 is 2.11 bits per heavy atom. The van der Waals surface area contributed by atoms with Crippen LogP contribution in [0.5, 0.6) is 0 Å². The van der Waals surface area contributed by atoms with Crippen LogP contribution in [-0.2, 0) is 11.3 Å². The van der Waals surface area contributed by atoms with E-state index in [1.165, 1.54) is 4.88 Å². The Morgan fingerprint density at radius 3 is 2.79 bits per heavy atom. The molecule has 1 aromatic heterocycles. The van der Waals surface area contributed by atoms with Crippen LogP contribution in [0.3, 0.4) is 0 Å². The molecule has 19 heavy (non-hydrogen) atoms. The molecule has 2 nitrogen and oxygen atoms in total. The Balaban J connectivity index is 1.88. The van der Waals surface area contributed by atoms with E-state index in [1.54, 1.807) is 17.4 Å². The molecule has 1 N–H and O–H groups in total. The van der Waals surface area contributed by atoms with E-state index in [9.17, 15) is 4.79 Å². The van der Waals surface area contributed by atoms with Crippen LogP contribution in [-0.4, -0.2) is 5.91 Å². The predicted molar refractivity (Wildman–Crippen MR) is 81.4 cm³/mol. The smallest absolute Gasteiger partial charge is 0.244 e. The lowest BCUT2D eigenvalue weighted by molar-refractivity contribution is -0.116. The van der Waals surface area contributed by atoms with Gasteiger partial charge in [0.05, 0.1) is 0 Å². The van der Waals surface area contributed by atoms with Gasteiger partial charge in [-0.1, -0.05) is 29.8 Å². The Kier molecular flexibility index (Phi) is 4.77. The summed E-state index contributed by atoms with van der Waals surface area (Å²) < 4.78 is 0. The van der Waals surface area contributed by atoms with Crippen molar-refractivity contribution in [3.8, 4) is 0 Å². The summed E-state index contributed by atoms with van der Waals surface area (Å²) in [6, 6.07) is 11.5. The third-order valence-corrected chi connectivity index (χ3v) is 3.91. The first-order valence-electron chi connectivity index (χ1n) is 5.91. The highest BCUT2D eigenvalue weighted by atomic mass is 35.5. The van der Waals surface area contributed by atoms with Crippen molar-refractivity contribution in [3.63, 3.8) is 0 Å². The number of rotatable bonds is 4. The molecule has 0 aliphatic carbocycles. The molecule has 0 aliphatic heterocycles. The van der Waals surface area contributed by atoms with Gasteiger partial charge in [-0.15, -0.1) is 11.3 Å². The number of carbonyl (C=O) groups excluding carboxylic acids is 1. The molecule has 0 radical (unpaired) electrons. The Morgan fingerprint density at radius 1 is 1.32 bits per heavy atom. The highest BCUT2D eigenvalue weighted by Crippen LogP contribution is 2.16. The molecule has 1 aromatic carbocycles. The molecule has 0 bridgehead atoms. The number of nitrogens with one attached hydrogen (secondary N) is 1. The number of aryl methyl sites for hydroxylation is 1. The fourth-order valence-electron chi connectivity index (χ4n) is 1.58. The van der Waals surface area contributed by atoms with Crippen molar-refractivity contribution in [1.82, 2.24) is 5.32 Å². The summed E-state index contributed by atoms with van der Waals surface area (Å²) in [5.74, 6) is -0.119. The minimum absolute atomic E-state index is 0.119. The maximum atomic E-state index is 11.7. The number of hydrogen-bond acceptors (Lipinski definition) is 2. The number of hydrogen-bond donors (Lipinski definition) is 1. The minimum atomic E-state index is -0.119. The molecule has 4 heteroatoms. The van der Waals surface area contributed by atoms with Crippen LogP contribution >= 0.6 is 22.9 Å². The van der Waals surface area contributed by atoms with E-state index in [0.717, 1.165) is 10.4 Å². The van der Waals surface area contributed by atoms with Gasteiger partial charge in [-0.3, -0.25) is 4.79 Å². The van der Waals surface area contributed by atoms with Crippen molar-refractivity contribution >= 4 is 34.9 Å². The third kappa shape index (κ3) is 4.23. The van der Waals surface area contributed by atoms with E-state index in [2.05, 4.69) is 5.32 Å². The van der Waals surface area contributed by atoms with Crippen LogP contribution in [0, 0.1) is 6.92 Å². The van der Waals surface area contributed by atoms with E-state index in [0.29, 0.717) is 11.6 Å². The van der Waals surface area contributed by atoms with Gasteiger partial charge in [-0.05, 0) is 36.8 Å². The molecule has 98 valence electrons. The van der Waals surface area contributed by atoms with Gasteiger partial charge in [0.2, 0.25) is 5.91 Å². The van der Waals surface area contributed by atoms with Gasteiger partial charge in [-0.25, -0.2) is 0 Å². The van der Waals surface area contributed by atoms with Crippen molar-refractivity contribution in [2.24, 2.45) is 0 Å². The summed E-state index contributed by atoms with van der Waals surface area (Å²) in [5.41, 5.74) is 0.915. The van der Waals surface area contributed by atoms with Gasteiger partial charge >= 0.3 is 0 Å². The monoisotopic (exact) mass is 291 g/mol. The largest absolute Gasteiger partial charge is 0.348 e. The molecule has 0 saturated carbocycles. The first-order valence-corrected chi connectivity index (χ1v) is 7.10. The molecule has 0 atom stereocenters.